The van der Waals surface area contributed by atoms with Crippen molar-refractivity contribution in [1.29, 1.82) is 0 Å². The maximum Gasteiger partial charge on any atom is 0.335 e. The standard InChI is InChI=1S/C22H21N3O3/c26-19-22(20(27)25(21(28)23-19)16-9-2-1-3-10-16)14-15-8-4-5-11-17(15)24-13-7-6-12-18(22)24/h1-5,8-11,18H,6-7,12-14H2,(H,23,26,28). The normalized spacial score (nSPS) is 26.7. The molecule has 2 aromatic rings. The molecule has 0 radical (unpaired) electrons. The van der Waals surface area contributed by atoms with Crippen LogP contribution in [0.5, 0.6) is 0 Å². The molecule has 3 aliphatic heterocycles. The van der Waals surface area contributed by atoms with Gasteiger partial charge in [-0.3, -0.25) is 14.9 Å². The van der Waals surface area contributed by atoms with Crippen molar-refractivity contribution in [2.45, 2.75) is 31.7 Å². The molecular weight excluding hydrogens is 354 g/mol. The van der Waals surface area contributed by atoms with Crippen molar-refractivity contribution in [3.63, 3.8) is 0 Å². The van der Waals surface area contributed by atoms with E-state index < -0.39 is 23.3 Å². The molecule has 2 saturated heterocycles. The van der Waals surface area contributed by atoms with Gasteiger partial charge >= 0.3 is 6.03 Å². The number of hydrogen-bond acceptors (Lipinski definition) is 4. The molecule has 2 atom stereocenters. The minimum absolute atomic E-state index is 0.247. The van der Waals surface area contributed by atoms with Crippen LogP contribution in [-0.2, 0) is 16.0 Å². The first-order chi connectivity index (χ1) is 13.6. The Balaban J connectivity index is 1.67. The molecule has 0 saturated carbocycles. The topological polar surface area (TPSA) is 69.7 Å². The number of para-hydroxylation sites is 2. The highest BCUT2D eigenvalue weighted by molar-refractivity contribution is 6.30. The number of imide groups is 2. The summed E-state index contributed by atoms with van der Waals surface area (Å²) in [5, 5.41) is 2.48. The van der Waals surface area contributed by atoms with Gasteiger partial charge in [0.15, 0.2) is 5.41 Å². The summed E-state index contributed by atoms with van der Waals surface area (Å²) in [7, 11) is 0. The zero-order valence-electron chi connectivity index (χ0n) is 15.4. The lowest BCUT2D eigenvalue weighted by Gasteiger charge is -2.53. The number of rotatable bonds is 1. The molecule has 0 aliphatic carbocycles. The molecule has 142 valence electrons. The molecule has 2 unspecified atom stereocenters. The summed E-state index contributed by atoms with van der Waals surface area (Å²) in [4.78, 5) is 43.0. The molecule has 0 aromatic heterocycles. The van der Waals surface area contributed by atoms with Crippen LogP contribution in [0.1, 0.15) is 24.8 Å². The molecule has 2 aromatic carbocycles. The molecule has 6 nitrogen and oxygen atoms in total. The van der Waals surface area contributed by atoms with Crippen molar-refractivity contribution >= 4 is 29.2 Å². The Kier molecular flexibility index (Phi) is 3.75. The second kappa shape index (κ2) is 6.19. The lowest BCUT2D eigenvalue weighted by Crippen LogP contribution is -2.72. The van der Waals surface area contributed by atoms with Crippen molar-refractivity contribution in [3.8, 4) is 0 Å². The first-order valence-corrected chi connectivity index (χ1v) is 9.72. The SMILES string of the molecule is O=C1NC(=O)C2(Cc3ccccc3N3CCCCC32)C(=O)N1c1ccccc1. The van der Waals surface area contributed by atoms with E-state index in [-0.39, 0.29) is 6.04 Å². The number of nitrogens with zero attached hydrogens (tertiary/aromatic N) is 2. The zero-order chi connectivity index (χ0) is 19.3. The summed E-state index contributed by atoms with van der Waals surface area (Å²) in [5.41, 5.74) is 1.27. The number of urea groups is 1. The Morgan fingerprint density at radius 1 is 0.929 bits per heavy atom. The number of hydrogen-bond donors (Lipinski definition) is 1. The first-order valence-electron chi connectivity index (χ1n) is 9.72. The molecule has 1 N–H and O–H groups in total. The van der Waals surface area contributed by atoms with Gasteiger partial charge in [0.25, 0.3) is 5.91 Å². The average Bonchev–Trinajstić information content (AvgIpc) is 2.73. The number of piperidine rings is 1. The lowest BCUT2D eigenvalue weighted by atomic mass is 9.66. The largest absolute Gasteiger partial charge is 0.367 e. The van der Waals surface area contributed by atoms with Crippen LogP contribution in [-0.4, -0.2) is 30.4 Å². The highest BCUT2D eigenvalue weighted by Gasteiger charge is 2.62. The summed E-state index contributed by atoms with van der Waals surface area (Å²) in [6.07, 6.45) is 3.05. The van der Waals surface area contributed by atoms with Gasteiger partial charge in [-0.2, -0.15) is 0 Å². The van der Waals surface area contributed by atoms with Gasteiger partial charge in [-0.25, -0.2) is 9.69 Å². The van der Waals surface area contributed by atoms with Gasteiger partial charge in [0.05, 0.1) is 11.7 Å². The molecule has 28 heavy (non-hydrogen) atoms. The molecule has 5 rings (SSSR count). The predicted molar refractivity (Wildman–Crippen MR) is 105 cm³/mol. The molecule has 3 aliphatic rings. The smallest absolute Gasteiger partial charge is 0.335 e. The molecule has 0 bridgehead atoms. The van der Waals surface area contributed by atoms with Gasteiger partial charge in [0, 0.05) is 12.2 Å². The van der Waals surface area contributed by atoms with Gasteiger partial charge in [-0.15, -0.1) is 0 Å². The zero-order valence-corrected chi connectivity index (χ0v) is 15.4. The average molecular weight is 375 g/mol. The van der Waals surface area contributed by atoms with E-state index >= 15 is 0 Å². The summed E-state index contributed by atoms with van der Waals surface area (Å²) in [5.74, 6) is -0.889. The minimum Gasteiger partial charge on any atom is -0.367 e. The minimum atomic E-state index is -1.29. The Hall–Kier alpha value is -3.15. The number of carbonyl (C=O) groups excluding carboxylic acids is 3. The maximum atomic E-state index is 13.8. The monoisotopic (exact) mass is 375 g/mol. The highest BCUT2D eigenvalue weighted by Crippen LogP contribution is 2.47. The number of benzene rings is 2. The summed E-state index contributed by atoms with van der Waals surface area (Å²) < 4.78 is 0. The van der Waals surface area contributed by atoms with E-state index in [0.717, 1.165) is 42.0 Å². The molecule has 4 amide bonds. The predicted octanol–water partition coefficient (Wildman–Crippen LogP) is 2.87. The second-order valence-corrected chi connectivity index (χ2v) is 7.72. The van der Waals surface area contributed by atoms with E-state index in [1.807, 2.05) is 24.3 Å². The molecular formula is C22H21N3O3. The van der Waals surface area contributed by atoms with Gasteiger partial charge in [0.1, 0.15) is 0 Å². The number of nitrogens with one attached hydrogen (secondary N) is 1. The van der Waals surface area contributed by atoms with E-state index in [1.54, 1.807) is 24.3 Å². The van der Waals surface area contributed by atoms with Crippen LogP contribution in [0.2, 0.25) is 0 Å². The lowest BCUT2D eigenvalue weighted by molar-refractivity contribution is -0.145. The van der Waals surface area contributed by atoms with Crippen molar-refractivity contribution in [1.82, 2.24) is 5.32 Å². The van der Waals surface area contributed by atoms with Crippen LogP contribution in [0, 0.1) is 5.41 Å². The van der Waals surface area contributed by atoms with Crippen LogP contribution >= 0.6 is 0 Å². The van der Waals surface area contributed by atoms with Crippen molar-refractivity contribution in [3.05, 3.63) is 60.2 Å². The Morgan fingerprint density at radius 2 is 1.68 bits per heavy atom. The van der Waals surface area contributed by atoms with E-state index in [1.165, 1.54) is 0 Å². The number of fused-ring (bicyclic) bond motifs is 4. The van der Waals surface area contributed by atoms with Crippen molar-refractivity contribution in [2.75, 3.05) is 16.3 Å². The third kappa shape index (κ3) is 2.24. The van der Waals surface area contributed by atoms with Crippen molar-refractivity contribution < 1.29 is 14.4 Å². The number of carbonyl (C=O) groups is 3. The van der Waals surface area contributed by atoms with Crippen LogP contribution in [0.4, 0.5) is 16.2 Å². The number of barbiturate groups is 1. The Bertz CT molecular complexity index is 974. The second-order valence-electron chi connectivity index (χ2n) is 7.72. The van der Waals surface area contributed by atoms with Crippen LogP contribution in [0.3, 0.4) is 0 Å². The summed E-state index contributed by atoms with van der Waals surface area (Å²) >= 11 is 0. The molecule has 1 spiro atoms. The summed E-state index contributed by atoms with van der Waals surface area (Å²) in [6, 6.07) is 15.9. The fourth-order valence-electron chi connectivity index (χ4n) is 5.01. The van der Waals surface area contributed by atoms with Crippen LogP contribution in [0.25, 0.3) is 0 Å². The Morgan fingerprint density at radius 3 is 2.50 bits per heavy atom. The van der Waals surface area contributed by atoms with Crippen LogP contribution in [0.15, 0.2) is 54.6 Å². The third-order valence-corrected chi connectivity index (χ3v) is 6.27. The van der Waals surface area contributed by atoms with Gasteiger partial charge in [-0.1, -0.05) is 36.4 Å². The van der Waals surface area contributed by atoms with Crippen LogP contribution < -0.4 is 15.1 Å². The molecule has 3 heterocycles. The van der Waals surface area contributed by atoms with Gasteiger partial charge in [-0.05, 0) is 49.4 Å². The Labute approximate surface area is 163 Å². The van der Waals surface area contributed by atoms with Crippen molar-refractivity contribution in [2.24, 2.45) is 5.41 Å². The van der Waals surface area contributed by atoms with E-state index in [4.69, 9.17) is 0 Å². The first kappa shape index (κ1) is 17.0. The molecule has 6 heteroatoms. The summed E-state index contributed by atoms with van der Waals surface area (Å²) in [6.45, 7) is 0.809. The van der Waals surface area contributed by atoms with E-state index in [0.29, 0.717) is 12.1 Å². The maximum absolute atomic E-state index is 13.8. The fourth-order valence-corrected chi connectivity index (χ4v) is 5.01. The number of amides is 4. The quantitative estimate of drug-likeness (QED) is 0.778. The van der Waals surface area contributed by atoms with E-state index in [2.05, 4.69) is 16.3 Å². The highest BCUT2D eigenvalue weighted by atomic mass is 16.2. The van der Waals surface area contributed by atoms with Gasteiger partial charge in [0.2, 0.25) is 5.91 Å². The van der Waals surface area contributed by atoms with E-state index in [9.17, 15) is 14.4 Å². The van der Waals surface area contributed by atoms with Gasteiger partial charge < -0.3 is 4.90 Å². The third-order valence-electron chi connectivity index (χ3n) is 6.27. The number of anilines is 2. The fraction of sp³-hybridized carbons (Fsp3) is 0.318. The molecule has 2 fully saturated rings.